The van der Waals surface area contributed by atoms with Crippen molar-refractivity contribution in [2.45, 2.75) is 20.0 Å². The Balaban J connectivity index is 1.82. The molecule has 0 heterocycles. The molecule has 0 bridgehead atoms. The molecule has 0 aliphatic rings. The molecular weight excluding hydrogens is 279 g/mol. The van der Waals surface area contributed by atoms with Crippen LogP contribution in [0.5, 0.6) is 0 Å². The van der Waals surface area contributed by atoms with Gasteiger partial charge in [-0.3, -0.25) is 4.79 Å². The number of aryl methyl sites for hydroxylation is 1. The number of hydrogen-bond acceptors (Lipinski definition) is 1. The molecule has 0 radical (unpaired) electrons. The maximum Gasteiger partial charge on any atom is 0.275 e. The third kappa shape index (κ3) is 4.67. The van der Waals surface area contributed by atoms with E-state index in [1.807, 2.05) is 19.2 Å². The molecule has 0 saturated carbocycles. The van der Waals surface area contributed by atoms with Gasteiger partial charge in [-0.1, -0.05) is 42.5 Å². The number of halogens is 1. The van der Waals surface area contributed by atoms with Crippen LogP contribution in [0.2, 0.25) is 0 Å². The van der Waals surface area contributed by atoms with Crippen LogP contribution in [0.3, 0.4) is 0 Å². The van der Waals surface area contributed by atoms with Gasteiger partial charge in [-0.25, -0.2) is 4.39 Å². The molecule has 0 aromatic heterocycles. The molecule has 0 aliphatic carbocycles. The van der Waals surface area contributed by atoms with Gasteiger partial charge in [0.2, 0.25) is 0 Å². The Morgan fingerprint density at radius 3 is 2.41 bits per heavy atom. The Morgan fingerprint density at radius 2 is 1.73 bits per heavy atom. The van der Waals surface area contributed by atoms with Crippen LogP contribution in [-0.4, -0.2) is 19.5 Å². The number of hydrogen-bond donors (Lipinski definition) is 2. The Kier molecular flexibility index (Phi) is 5.67. The van der Waals surface area contributed by atoms with Gasteiger partial charge >= 0.3 is 0 Å². The normalized spacial score (nSPS) is 12.0. The molecule has 22 heavy (non-hydrogen) atoms. The molecule has 0 spiro atoms. The molecule has 116 valence electrons. The second-order valence-corrected chi connectivity index (χ2v) is 5.61. The van der Waals surface area contributed by atoms with E-state index >= 15 is 0 Å². The van der Waals surface area contributed by atoms with Crippen molar-refractivity contribution >= 4 is 5.91 Å². The molecule has 1 amide bonds. The highest BCUT2D eigenvalue weighted by Crippen LogP contribution is 2.05. The molecule has 1 atom stereocenters. The van der Waals surface area contributed by atoms with Crippen LogP contribution in [0.25, 0.3) is 0 Å². The maximum absolute atomic E-state index is 13.5. The van der Waals surface area contributed by atoms with Gasteiger partial charge in [0, 0.05) is 17.7 Å². The standard InChI is InChI=1S/C18H21FN2O/c1-14-7-3-4-9-16(14)12-21(2)13-18(22)20-11-15-8-5-6-10-17(15)19/h3-10H,11-13H2,1-2H3,(H,20,22)/p+1. The minimum Gasteiger partial charge on any atom is -0.347 e. The molecule has 1 unspecified atom stereocenters. The van der Waals surface area contributed by atoms with E-state index in [4.69, 9.17) is 0 Å². The van der Waals surface area contributed by atoms with Crippen molar-refractivity contribution in [3.8, 4) is 0 Å². The predicted octanol–water partition coefficient (Wildman–Crippen LogP) is 1.47. The summed E-state index contributed by atoms with van der Waals surface area (Å²) in [7, 11) is 1.98. The van der Waals surface area contributed by atoms with Gasteiger partial charge in [-0.15, -0.1) is 0 Å². The van der Waals surface area contributed by atoms with Gasteiger partial charge in [0.1, 0.15) is 12.4 Å². The molecule has 2 rings (SSSR count). The third-order valence-corrected chi connectivity index (χ3v) is 3.65. The summed E-state index contributed by atoms with van der Waals surface area (Å²) < 4.78 is 13.5. The van der Waals surface area contributed by atoms with E-state index in [0.717, 1.165) is 11.4 Å². The van der Waals surface area contributed by atoms with Gasteiger partial charge < -0.3 is 10.2 Å². The van der Waals surface area contributed by atoms with Crippen LogP contribution in [-0.2, 0) is 17.9 Å². The first-order valence-electron chi connectivity index (χ1n) is 7.42. The number of likely N-dealkylation sites (N-methyl/N-ethyl adjacent to an activating group) is 1. The van der Waals surface area contributed by atoms with Crippen LogP contribution in [0.1, 0.15) is 16.7 Å². The lowest BCUT2D eigenvalue weighted by Crippen LogP contribution is -3.08. The van der Waals surface area contributed by atoms with Crippen molar-refractivity contribution in [1.29, 1.82) is 0 Å². The van der Waals surface area contributed by atoms with Gasteiger partial charge in [0.05, 0.1) is 7.05 Å². The summed E-state index contributed by atoms with van der Waals surface area (Å²) >= 11 is 0. The molecule has 2 N–H and O–H groups in total. The number of carbonyl (C=O) groups excluding carboxylic acids is 1. The lowest BCUT2D eigenvalue weighted by atomic mass is 10.1. The highest BCUT2D eigenvalue weighted by molar-refractivity contribution is 5.76. The molecule has 0 aliphatic heterocycles. The number of amides is 1. The first-order chi connectivity index (χ1) is 10.6. The summed E-state index contributed by atoms with van der Waals surface area (Å²) in [5.41, 5.74) is 2.97. The fraction of sp³-hybridized carbons (Fsp3) is 0.278. The second-order valence-electron chi connectivity index (χ2n) is 5.61. The number of nitrogens with one attached hydrogen (secondary N) is 2. The topological polar surface area (TPSA) is 33.5 Å². The maximum atomic E-state index is 13.5. The highest BCUT2D eigenvalue weighted by atomic mass is 19.1. The molecule has 2 aromatic rings. The van der Waals surface area contributed by atoms with Crippen LogP contribution in [0.15, 0.2) is 48.5 Å². The minimum absolute atomic E-state index is 0.0747. The summed E-state index contributed by atoms with van der Waals surface area (Å²) in [5.74, 6) is -0.363. The number of benzene rings is 2. The highest BCUT2D eigenvalue weighted by Gasteiger charge is 2.12. The first-order valence-corrected chi connectivity index (χ1v) is 7.42. The lowest BCUT2D eigenvalue weighted by Gasteiger charge is -2.15. The summed E-state index contributed by atoms with van der Waals surface area (Å²) in [4.78, 5) is 13.1. The van der Waals surface area contributed by atoms with E-state index < -0.39 is 0 Å². The van der Waals surface area contributed by atoms with Crippen molar-refractivity contribution in [3.05, 3.63) is 71.0 Å². The Labute approximate surface area is 130 Å². The average molecular weight is 301 g/mol. The number of rotatable bonds is 6. The fourth-order valence-electron chi connectivity index (χ4n) is 2.37. The second kappa shape index (κ2) is 7.71. The molecule has 0 fully saturated rings. The van der Waals surface area contributed by atoms with Crippen molar-refractivity contribution in [2.75, 3.05) is 13.6 Å². The number of quaternary nitrogens is 1. The monoisotopic (exact) mass is 301 g/mol. The zero-order valence-electron chi connectivity index (χ0n) is 13.0. The van der Waals surface area contributed by atoms with Gasteiger partial charge in [0.15, 0.2) is 6.54 Å². The van der Waals surface area contributed by atoms with Gasteiger partial charge in [-0.05, 0) is 18.6 Å². The van der Waals surface area contributed by atoms with E-state index in [0.29, 0.717) is 12.1 Å². The van der Waals surface area contributed by atoms with Crippen molar-refractivity contribution in [3.63, 3.8) is 0 Å². The molecule has 3 nitrogen and oxygen atoms in total. The SMILES string of the molecule is Cc1ccccc1C[NH+](C)CC(=O)NCc1ccccc1F. The zero-order chi connectivity index (χ0) is 15.9. The van der Waals surface area contributed by atoms with E-state index in [-0.39, 0.29) is 18.3 Å². The fourth-order valence-corrected chi connectivity index (χ4v) is 2.37. The molecular formula is C18H22FN2O+. The summed E-state index contributed by atoms with van der Waals surface area (Å²) in [5, 5.41) is 2.77. The van der Waals surface area contributed by atoms with E-state index in [9.17, 15) is 9.18 Å². The largest absolute Gasteiger partial charge is 0.347 e. The van der Waals surface area contributed by atoms with Crippen LogP contribution >= 0.6 is 0 Å². The average Bonchev–Trinajstić information content (AvgIpc) is 2.49. The smallest absolute Gasteiger partial charge is 0.275 e. The predicted molar refractivity (Wildman–Crippen MR) is 84.9 cm³/mol. The first kappa shape index (κ1) is 16.2. The lowest BCUT2D eigenvalue weighted by molar-refractivity contribution is -0.885. The van der Waals surface area contributed by atoms with E-state index in [1.165, 1.54) is 17.2 Å². The molecule has 2 aromatic carbocycles. The van der Waals surface area contributed by atoms with Crippen molar-refractivity contribution in [2.24, 2.45) is 0 Å². The van der Waals surface area contributed by atoms with Gasteiger partial charge in [0.25, 0.3) is 5.91 Å². The van der Waals surface area contributed by atoms with Crippen LogP contribution in [0.4, 0.5) is 4.39 Å². The Hall–Kier alpha value is -2.20. The zero-order valence-corrected chi connectivity index (χ0v) is 13.0. The van der Waals surface area contributed by atoms with Crippen LogP contribution < -0.4 is 10.2 Å². The summed E-state index contributed by atoms with van der Waals surface area (Å²) in [6.45, 7) is 3.45. The number of carbonyl (C=O) groups is 1. The Bertz CT molecular complexity index is 642. The van der Waals surface area contributed by atoms with Crippen molar-refractivity contribution in [1.82, 2.24) is 5.32 Å². The molecule has 4 heteroatoms. The molecule has 0 saturated heterocycles. The minimum atomic E-state index is -0.289. The van der Waals surface area contributed by atoms with E-state index in [1.54, 1.807) is 18.2 Å². The summed E-state index contributed by atoms with van der Waals surface area (Å²) in [6, 6.07) is 14.7. The summed E-state index contributed by atoms with van der Waals surface area (Å²) in [6.07, 6.45) is 0. The van der Waals surface area contributed by atoms with Crippen LogP contribution in [0, 0.1) is 12.7 Å². The van der Waals surface area contributed by atoms with Gasteiger partial charge in [-0.2, -0.15) is 0 Å². The third-order valence-electron chi connectivity index (χ3n) is 3.65. The van der Waals surface area contributed by atoms with E-state index in [2.05, 4.69) is 24.4 Å². The Morgan fingerprint density at radius 1 is 1.09 bits per heavy atom. The van der Waals surface area contributed by atoms with Crippen molar-refractivity contribution < 1.29 is 14.1 Å². The quantitative estimate of drug-likeness (QED) is 0.832.